The standard InChI is InChI=1S/C7H10N3/c1-10(2)9-7-5-3-4-6-8-7/h3-6H,1-2H3. The number of aromatic nitrogens is 1. The average molecular weight is 136 g/mol. The summed E-state index contributed by atoms with van der Waals surface area (Å²) in [4.78, 5) is 4.01. The molecular formula is C7H10N3. The van der Waals surface area contributed by atoms with E-state index in [0.29, 0.717) is 0 Å². The summed E-state index contributed by atoms with van der Waals surface area (Å²) < 4.78 is 0. The zero-order chi connectivity index (χ0) is 7.40. The minimum absolute atomic E-state index is 0.743. The van der Waals surface area contributed by atoms with Gasteiger partial charge in [0, 0.05) is 20.3 Å². The fraction of sp³-hybridized carbons (Fsp3) is 0.286. The molecule has 3 heteroatoms. The minimum Gasteiger partial charge on any atom is -0.236 e. The zero-order valence-corrected chi connectivity index (χ0v) is 6.15. The summed E-state index contributed by atoms with van der Waals surface area (Å²) >= 11 is 0. The lowest BCUT2D eigenvalue weighted by atomic mass is 10.5. The molecular weight excluding hydrogens is 126 g/mol. The first-order chi connectivity index (χ1) is 4.79. The number of rotatable bonds is 2. The van der Waals surface area contributed by atoms with Crippen molar-refractivity contribution in [1.82, 2.24) is 15.4 Å². The molecule has 1 rings (SSSR count). The Bertz CT molecular complexity index is 183. The van der Waals surface area contributed by atoms with Gasteiger partial charge in [-0.25, -0.2) is 9.99 Å². The Hall–Kier alpha value is -1.09. The molecule has 0 N–H and O–H groups in total. The van der Waals surface area contributed by atoms with Crippen molar-refractivity contribution < 1.29 is 0 Å². The first-order valence-electron chi connectivity index (χ1n) is 3.09. The van der Waals surface area contributed by atoms with Gasteiger partial charge in [-0.2, -0.15) is 5.43 Å². The van der Waals surface area contributed by atoms with Gasteiger partial charge in [0.2, 0.25) is 0 Å². The van der Waals surface area contributed by atoms with Crippen LogP contribution in [0.15, 0.2) is 24.4 Å². The topological polar surface area (TPSA) is 30.2 Å². The summed E-state index contributed by atoms with van der Waals surface area (Å²) in [5.74, 6) is 0.743. The summed E-state index contributed by atoms with van der Waals surface area (Å²) in [6.07, 6.45) is 1.72. The second-order valence-electron chi connectivity index (χ2n) is 2.14. The molecule has 0 aliphatic rings. The third-order valence-corrected chi connectivity index (χ3v) is 0.952. The molecule has 0 aromatic carbocycles. The number of pyridine rings is 1. The first kappa shape index (κ1) is 7.02. The van der Waals surface area contributed by atoms with Crippen LogP contribution in [0.5, 0.6) is 0 Å². The van der Waals surface area contributed by atoms with Gasteiger partial charge in [-0.15, -0.1) is 0 Å². The van der Waals surface area contributed by atoms with E-state index < -0.39 is 0 Å². The van der Waals surface area contributed by atoms with Crippen molar-refractivity contribution in [2.45, 2.75) is 0 Å². The highest BCUT2D eigenvalue weighted by Crippen LogP contribution is 1.98. The molecule has 0 aliphatic heterocycles. The monoisotopic (exact) mass is 136 g/mol. The van der Waals surface area contributed by atoms with Crippen LogP contribution in [0.4, 0.5) is 5.82 Å². The van der Waals surface area contributed by atoms with E-state index in [9.17, 15) is 0 Å². The molecule has 0 unspecified atom stereocenters. The molecule has 1 heterocycles. The van der Waals surface area contributed by atoms with E-state index in [4.69, 9.17) is 0 Å². The summed E-state index contributed by atoms with van der Waals surface area (Å²) in [6.45, 7) is 0. The van der Waals surface area contributed by atoms with Crippen molar-refractivity contribution in [2.75, 3.05) is 14.1 Å². The molecule has 53 valence electrons. The van der Waals surface area contributed by atoms with Crippen molar-refractivity contribution in [2.24, 2.45) is 0 Å². The lowest BCUT2D eigenvalue weighted by molar-refractivity contribution is 0.335. The lowest BCUT2D eigenvalue weighted by Gasteiger charge is -2.06. The second-order valence-corrected chi connectivity index (χ2v) is 2.14. The summed E-state index contributed by atoms with van der Waals surface area (Å²) in [5, 5.41) is 1.72. The van der Waals surface area contributed by atoms with Crippen LogP contribution in [-0.4, -0.2) is 24.1 Å². The molecule has 10 heavy (non-hydrogen) atoms. The average Bonchev–Trinajstić information content (AvgIpc) is 1.88. The van der Waals surface area contributed by atoms with Crippen molar-refractivity contribution >= 4 is 5.82 Å². The van der Waals surface area contributed by atoms with E-state index >= 15 is 0 Å². The molecule has 0 aliphatic carbocycles. The van der Waals surface area contributed by atoms with Gasteiger partial charge in [0.05, 0.1) is 0 Å². The van der Waals surface area contributed by atoms with Crippen LogP contribution in [0, 0.1) is 0 Å². The highest BCUT2D eigenvalue weighted by Gasteiger charge is 1.92. The van der Waals surface area contributed by atoms with Gasteiger partial charge >= 0.3 is 0 Å². The van der Waals surface area contributed by atoms with E-state index in [2.05, 4.69) is 10.4 Å². The normalized spacial score (nSPS) is 9.90. The van der Waals surface area contributed by atoms with Crippen molar-refractivity contribution in [1.29, 1.82) is 0 Å². The van der Waals surface area contributed by atoms with Gasteiger partial charge in [0.15, 0.2) is 5.82 Å². The quantitative estimate of drug-likeness (QED) is 0.563. The third kappa shape index (κ3) is 2.03. The third-order valence-electron chi connectivity index (χ3n) is 0.952. The molecule has 0 spiro atoms. The summed E-state index contributed by atoms with van der Waals surface area (Å²) in [6, 6.07) is 5.64. The van der Waals surface area contributed by atoms with Gasteiger partial charge in [-0.3, -0.25) is 0 Å². The molecule has 0 saturated carbocycles. The molecule has 0 atom stereocenters. The Morgan fingerprint density at radius 2 is 2.20 bits per heavy atom. The maximum absolute atomic E-state index is 4.08. The lowest BCUT2D eigenvalue weighted by Crippen LogP contribution is -2.18. The molecule has 0 fully saturated rings. The molecule has 1 radical (unpaired) electrons. The van der Waals surface area contributed by atoms with E-state index in [1.165, 1.54) is 0 Å². The van der Waals surface area contributed by atoms with Gasteiger partial charge in [0.25, 0.3) is 0 Å². The fourth-order valence-corrected chi connectivity index (χ4v) is 0.618. The highest BCUT2D eigenvalue weighted by molar-refractivity contribution is 5.22. The highest BCUT2D eigenvalue weighted by atomic mass is 15.5. The second kappa shape index (κ2) is 3.17. The Balaban J connectivity index is 2.59. The smallest absolute Gasteiger partial charge is 0.166 e. The van der Waals surface area contributed by atoms with Crippen LogP contribution in [-0.2, 0) is 0 Å². The van der Waals surface area contributed by atoms with Crippen molar-refractivity contribution in [3.8, 4) is 0 Å². The van der Waals surface area contributed by atoms with Crippen LogP contribution in [0.3, 0.4) is 0 Å². The Morgan fingerprint density at radius 1 is 1.40 bits per heavy atom. The minimum atomic E-state index is 0.743. The zero-order valence-electron chi connectivity index (χ0n) is 6.15. The van der Waals surface area contributed by atoms with Crippen LogP contribution in [0.2, 0.25) is 0 Å². The molecule has 0 saturated heterocycles. The van der Waals surface area contributed by atoms with E-state index in [1.54, 1.807) is 11.2 Å². The molecule has 1 aromatic heterocycles. The Kier molecular flexibility index (Phi) is 2.23. The first-order valence-corrected chi connectivity index (χ1v) is 3.09. The summed E-state index contributed by atoms with van der Waals surface area (Å²) in [7, 11) is 3.74. The molecule has 0 bridgehead atoms. The SMILES string of the molecule is CN(C)[N]c1ccccn1. The van der Waals surface area contributed by atoms with Crippen molar-refractivity contribution in [3.05, 3.63) is 24.4 Å². The maximum Gasteiger partial charge on any atom is 0.166 e. The van der Waals surface area contributed by atoms with Gasteiger partial charge in [0.1, 0.15) is 0 Å². The van der Waals surface area contributed by atoms with Crippen LogP contribution in [0.25, 0.3) is 0 Å². The van der Waals surface area contributed by atoms with E-state index in [0.717, 1.165) is 5.82 Å². The summed E-state index contributed by atoms with van der Waals surface area (Å²) in [5.41, 5.74) is 4.08. The van der Waals surface area contributed by atoms with E-state index in [-0.39, 0.29) is 0 Å². The van der Waals surface area contributed by atoms with Crippen molar-refractivity contribution in [3.63, 3.8) is 0 Å². The van der Waals surface area contributed by atoms with Crippen LogP contribution < -0.4 is 5.43 Å². The van der Waals surface area contributed by atoms with Gasteiger partial charge < -0.3 is 0 Å². The van der Waals surface area contributed by atoms with Gasteiger partial charge in [-0.05, 0) is 12.1 Å². The molecule has 0 amide bonds. The fourth-order valence-electron chi connectivity index (χ4n) is 0.618. The number of hydrogen-bond acceptors (Lipinski definition) is 2. The molecule has 3 nitrogen and oxygen atoms in total. The Labute approximate surface area is 60.7 Å². The largest absolute Gasteiger partial charge is 0.236 e. The predicted octanol–water partition coefficient (Wildman–Crippen LogP) is 0.794. The molecule has 1 aromatic rings. The van der Waals surface area contributed by atoms with E-state index in [1.807, 2.05) is 32.3 Å². The maximum atomic E-state index is 4.08. The number of hydrogen-bond donors (Lipinski definition) is 0. The van der Waals surface area contributed by atoms with Gasteiger partial charge in [-0.1, -0.05) is 6.07 Å². The van der Waals surface area contributed by atoms with Crippen LogP contribution in [0.1, 0.15) is 0 Å². The Morgan fingerprint density at radius 3 is 2.70 bits per heavy atom. The number of nitrogens with zero attached hydrogens (tertiary/aromatic N) is 3. The van der Waals surface area contributed by atoms with Crippen LogP contribution >= 0.6 is 0 Å². The predicted molar refractivity (Wildman–Crippen MR) is 39.7 cm³/mol.